The van der Waals surface area contributed by atoms with Crippen molar-refractivity contribution < 1.29 is 0 Å². The van der Waals surface area contributed by atoms with E-state index in [0.29, 0.717) is 0 Å². The number of aromatic nitrogens is 1. The van der Waals surface area contributed by atoms with E-state index in [2.05, 4.69) is 54.2 Å². The Hall–Kier alpha value is 0.256. The summed E-state index contributed by atoms with van der Waals surface area (Å²) in [5, 5.41) is 1.34. The highest BCUT2D eigenvalue weighted by molar-refractivity contribution is 14.1. The van der Waals surface area contributed by atoms with E-state index in [4.69, 9.17) is 0 Å². The van der Waals surface area contributed by atoms with Gasteiger partial charge in [-0.3, -0.25) is 18.9 Å². The fourth-order valence-electron chi connectivity index (χ4n) is 1.21. The first kappa shape index (κ1) is 7.88. The van der Waals surface area contributed by atoms with Gasteiger partial charge in [0.2, 0.25) is 0 Å². The van der Waals surface area contributed by atoms with Gasteiger partial charge in [-0.2, -0.15) is 0 Å². The Kier molecular flexibility index (Phi) is 2.38. The molecule has 0 spiro atoms. The van der Waals surface area contributed by atoms with Gasteiger partial charge in [0, 0.05) is 5.52 Å². The number of para-hydroxylation sites is 1. The molecular weight excluding hydrogens is 261 g/mol. The van der Waals surface area contributed by atoms with Crippen LogP contribution in [0.1, 0.15) is 0 Å². The van der Waals surface area contributed by atoms with Gasteiger partial charge in [-0.05, 0) is 11.5 Å². The average molecular weight is 267 g/mol. The summed E-state index contributed by atoms with van der Waals surface area (Å²) in [4.78, 5) is 3.40. The van der Waals surface area contributed by atoms with E-state index >= 15 is 0 Å². The second-order valence-electron chi connectivity index (χ2n) is 2.52. The maximum absolute atomic E-state index is 3.40. The van der Waals surface area contributed by atoms with Gasteiger partial charge in [-0.25, -0.2) is 0 Å². The maximum atomic E-state index is 3.40. The van der Waals surface area contributed by atoms with Crippen LogP contribution in [-0.2, 0) is 0 Å². The van der Waals surface area contributed by atoms with E-state index in [9.17, 15) is 0 Å². The molecule has 0 fully saturated rings. The molecule has 0 radical (unpaired) electrons. The van der Waals surface area contributed by atoms with Gasteiger partial charge in [0.25, 0.3) is 0 Å². The Labute approximate surface area is 84.7 Å². The van der Waals surface area contributed by atoms with Crippen molar-refractivity contribution in [2.24, 2.45) is 0 Å². The summed E-state index contributed by atoms with van der Waals surface area (Å²) in [5.74, 6) is 0. The third-order valence-electron chi connectivity index (χ3n) is 1.73. The third-order valence-corrected chi connectivity index (χ3v) is 4.86. The number of H-pyrrole nitrogens is 1. The van der Waals surface area contributed by atoms with Gasteiger partial charge < -0.3 is 4.98 Å². The third kappa shape index (κ3) is 1.55. The Bertz CT molecular complexity index is 336. The Morgan fingerprint density at radius 3 is 2.82 bits per heavy atom. The molecule has 1 N–H and O–H groups in total. The zero-order valence-corrected chi connectivity index (χ0v) is 9.54. The molecule has 2 rings (SSSR count). The van der Waals surface area contributed by atoms with Crippen LogP contribution < -0.4 is 3.82 Å². The summed E-state index contributed by atoms with van der Waals surface area (Å²) in [5.41, 5.74) is 1.27. The molecule has 52 valence electrons. The van der Waals surface area contributed by atoms with E-state index in [1.165, 1.54) is 14.7 Å². The van der Waals surface area contributed by atoms with E-state index in [-0.39, 0.29) is 16.5 Å². The molecular formula is C8H6IMgN. The number of hydrogen-bond donors (Lipinski definition) is 1. The lowest BCUT2D eigenvalue weighted by molar-refractivity contribution is 1.54. The lowest BCUT2D eigenvalue weighted by atomic mass is 10.3. The SMILES string of the molecule is [I][Mg][c]1cc2ccccc2[nH]1. The predicted octanol–water partition coefficient (Wildman–Crippen LogP) is 1.85. The summed E-state index contributed by atoms with van der Waals surface area (Å²) >= 11 is 2.44. The maximum Gasteiger partial charge on any atom is 0.527 e. The van der Waals surface area contributed by atoms with Crippen LogP contribution in [0.3, 0.4) is 0 Å². The van der Waals surface area contributed by atoms with Crippen molar-refractivity contribution in [3.63, 3.8) is 0 Å². The van der Waals surface area contributed by atoms with Crippen LogP contribution in [0, 0.1) is 0 Å². The second-order valence-corrected chi connectivity index (χ2v) is 5.83. The number of fused-ring (bicyclic) bond motifs is 1. The highest BCUT2D eigenvalue weighted by Gasteiger charge is 1.99. The summed E-state index contributed by atoms with van der Waals surface area (Å²) in [7, 11) is 0. The summed E-state index contributed by atoms with van der Waals surface area (Å²) < 4.78 is 1.44. The van der Waals surface area contributed by atoms with Crippen LogP contribution >= 0.6 is 18.9 Å². The molecule has 0 saturated carbocycles. The van der Waals surface area contributed by atoms with Gasteiger partial charge in [0.05, 0.1) is 0 Å². The highest BCUT2D eigenvalue weighted by atomic mass is 127. The fraction of sp³-hybridized carbons (Fsp3) is 0. The van der Waals surface area contributed by atoms with Crippen LogP contribution in [0.5, 0.6) is 0 Å². The molecule has 1 aromatic carbocycles. The van der Waals surface area contributed by atoms with Crippen molar-refractivity contribution in [1.82, 2.24) is 4.98 Å². The normalized spacial score (nSPS) is 9.91. The van der Waals surface area contributed by atoms with Crippen molar-refractivity contribution in [2.45, 2.75) is 0 Å². The predicted molar refractivity (Wildman–Crippen MR) is 57.7 cm³/mol. The van der Waals surface area contributed by atoms with Gasteiger partial charge in [0.1, 0.15) is 0 Å². The molecule has 1 aromatic heterocycles. The molecule has 0 saturated heterocycles. The monoisotopic (exact) mass is 267 g/mol. The quantitative estimate of drug-likeness (QED) is 0.599. The van der Waals surface area contributed by atoms with Crippen molar-refractivity contribution in [3.05, 3.63) is 30.3 Å². The summed E-state index contributed by atoms with van der Waals surface area (Å²) in [6.07, 6.45) is 0. The molecule has 1 nitrogen and oxygen atoms in total. The number of nitrogens with one attached hydrogen (secondary N) is 1. The topological polar surface area (TPSA) is 15.8 Å². The number of benzene rings is 1. The first-order chi connectivity index (χ1) is 5.40. The van der Waals surface area contributed by atoms with Crippen LogP contribution in [-0.4, -0.2) is 21.5 Å². The van der Waals surface area contributed by atoms with E-state index in [1.807, 2.05) is 0 Å². The number of halogens is 1. The minimum Gasteiger partial charge on any atom is -0.386 e. The average Bonchev–Trinajstić information content (AvgIpc) is 2.46. The largest absolute Gasteiger partial charge is 0.527 e. The number of aromatic amines is 1. The minimum atomic E-state index is -0.0535. The van der Waals surface area contributed by atoms with Crippen molar-refractivity contribution >= 4 is 50.1 Å². The molecule has 3 heteroatoms. The van der Waals surface area contributed by atoms with E-state index < -0.39 is 0 Å². The van der Waals surface area contributed by atoms with E-state index in [0.717, 1.165) is 0 Å². The molecule has 11 heavy (non-hydrogen) atoms. The molecule has 0 amide bonds. The number of rotatable bonds is 1. The number of hydrogen-bond acceptors (Lipinski definition) is 0. The second kappa shape index (κ2) is 3.33. The Balaban J connectivity index is 2.69. The Morgan fingerprint density at radius 2 is 2.09 bits per heavy atom. The van der Waals surface area contributed by atoms with Gasteiger partial charge >= 0.3 is 16.5 Å². The minimum absolute atomic E-state index is 0.0535. The molecule has 2 aromatic rings. The van der Waals surface area contributed by atoms with Crippen LogP contribution in [0.15, 0.2) is 30.3 Å². The molecule has 0 bridgehead atoms. The van der Waals surface area contributed by atoms with Crippen LogP contribution in [0.2, 0.25) is 0 Å². The molecule has 0 aliphatic heterocycles. The lowest BCUT2D eigenvalue weighted by Gasteiger charge is -1.84. The summed E-state index contributed by atoms with van der Waals surface area (Å²) in [6.45, 7) is 0. The smallest absolute Gasteiger partial charge is 0.386 e. The van der Waals surface area contributed by atoms with Crippen molar-refractivity contribution in [2.75, 3.05) is 0 Å². The summed E-state index contributed by atoms with van der Waals surface area (Å²) in [6, 6.07) is 10.7. The Morgan fingerprint density at radius 1 is 1.27 bits per heavy atom. The van der Waals surface area contributed by atoms with Crippen LogP contribution in [0.25, 0.3) is 10.9 Å². The molecule has 0 unspecified atom stereocenters. The molecule has 0 aliphatic rings. The first-order valence-electron chi connectivity index (χ1n) is 3.53. The van der Waals surface area contributed by atoms with Gasteiger partial charge in [0.15, 0.2) is 0 Å². The van der Waals surface area contributed by atoms with E-state index in [1.54, 1.807) is 0 Å². The molecule has 0 atom stereocenters. The first-order valence-corrected chi connectivity index (χ1v) is 9.34. The molecule has 0 aliphatic carbocycles. The van der Waals surface area contributed by atoms with Crippen LogP contribution in [0.4, 0.5) is 0 Å². The van der Waals surface area contributed by atoms with Crippen molar-refractivity contribution in [1.29, 1.82) is 0 Å². The van der Waals surface area contributed by atoms with Gasteiger partial charge in [-0.1, -0.05) is 28.1 Å². The van der Waals surface area contributed by atoms with Crippen molar-refractivity contribution in [3.8, 4) is 0 Å². The zero-order valence-electron chi connectivity index (χ0n) is 5.97. The standard InChI is InChI=1S/C8H6N.HI.Mg/c1-2-4-8-7(3-1)5-6-9-8;;/h1-5,9H;1H;/q;;+1/p-1. The lowest BCUT2D eigenvalue weighted by Crippen LogP contribution is -2.07. The fourth-order valence-corrected chi connectivity index (χ4v) is 2.99. The van der Waals surface area contributed by atoms with Gasteiger partial charge in [-0.15, -0.1) is 0 Å². The highest BCUT2D eigenvalue weighted by Crippen LogP contribution is 2.08. The zero-order chi connectivity index (χ0) is 7.68. The molecule has 1 heterocycles.